The highest BCUT2D eigenvalue weighted by Gasteiger charge is 2.17. The Balaban J connectivity index is 1.94. The largest absolute Gasteiger partial charge is 0.354 e. The number of amides is 1. The van der Waals surface area contributed by atoms with Gasteiger partial charge in [-0.25, -0.2) is 8.42 Å². The Morgan fingerprint density at radius 2 is 1.96 bits per heavy atom. The van der Waals surface area contributed by atoms with Crippen molar-refractivity contribution in [2.75, 3.05) is 23.7 Å². The number of rotatable bonds is 7. The maximum atomic E-state index is 11.9. The second-order valence-electron chi connectivity index (χ2n) is 4.92. The van der Waals surface area contributed by atoms with E-state index in [0.717, 1.165) is 11.1 Å². The molecular formula is C15H17ClN2O3S2. The number of anilines is 1. The quantitative estimate of drug-likeness (QED) is 0.812. The molecule has 0 bridgehead atoms. The number of nitrogens with zero attached hydrogens (tertiary/aromatic N) is 1. The minimum absolute atomic E-state index is 0.128. The lowest BCUT2D eigenvalue weighted by molar-refractivity contribution is -0.120. The number of sulfonamides is 1. The minimum atomic E-state index is -3.44. The third kappa shape index (κ3) is 5.53. The first-order valence-electron chi connectivity index (χ1n) is 6.88. The van der Waals surface area contributed by atoms with Crippen LogP contribution in [0.1, 0.15) is 4.88 Å². The van der Waals surface area contributed by atoms with Crippen LogP contribution < -0.4 is 9.62 Å². The molecule has 124 valence electrons. The Morgan fingerprint density at radius 3 is 2.52 bits per heavy atom. The van der Waals surface area contributed by atoms with Crippen LogP contribution >= 0.6 is 22.9 Å². The van der Waals surface area contributed by atoms with Gasteiger partial charge in [-0.2, -0.15) is 0 Å². The van der Waals surface area contributed by atoms with Gasteiger partial charge in [-0.15, -0.1) is 11.3 Å². The first-order chi connectivity index (χ1) is 10.9. The second kappa shape index (κ2) is 7.81. The van der Waals surface area contributed by atoms with Crippen LogP contribution in [0.2, 0.25) is 5.02 Å². The van der Waals surface area contributed by atoms with Crippen molar-refractivity contribution in [1.82, 2.24) is 5.32 Å². The summed E-state index contributed by atoms with van der Waals surface area (Å²) in [5.41, 5.74) is 0.518. The van der Waals surface area contributed by atoms with E-state index in [1.54, 1.807) is 24.3 Å². The molecule has 0 unspecified atom stereocenters. The van der Waals surface area contributed by atoms with Crippen LogP contribution in [0.25, 0.3) is 0 Å². The molecule has 1 amide bonds. The molecule has 0 radical (unpaired) electrons. The number of carbonyl (C=O) groups excluding carboxylic acids is 1. The van der Waals surface area contributed by atoms with E-state index in [2.05, 4.69) is 5.32 Å². The summed E-state index contributed by atoms with van der Waals surface area (Å²) >= 11 is 7.33. The molecule has 2 rings (SSSR count). The van der Waals surface area contributed by atoms with Crippen molar-refractivity contribution < 1.29 is 13.2 Å². The minimum Gasteiger partial charge on any atom is -0.354 e. The lowest BCUT2D eigenvalue weighted by atomic mass is 10.3. The van der Waals surface area contributed by atoms with Crippen molar-refractivity contribution in [3.05, 3.63) is 51.7 Å². The number of thiophene rings is 1. The third-order valence-corrected chi connectivity index (χ3v) is 5.39. The van der Waals surface area contributed by atoms with E-state index >= 15 is 0 Å². The molecule has 5 nitrogen and oxygen atoms in total. The van der Waals surface area contributed by atoms with Crippen LogP contribution in [0.15, 0.2) is 41.8 Å². The first kappa shape index (κ1) is 17.8. The van der Waals surface area contributed by atoms with Crippen molar-refractivity contribution >= 4 is 44.6 Å². The smallest absolute Gasteiger partial charge is 0.232 e. The molecule has 1 N–H and O–H groups in total. The van der Waals surface area contributed by atoms with Crippen LogP contribution in [-0.2, 0) is 21.2 Å². The highest BCUT2D eigenvalue weighted by atomic mass is 35.5. The summed E-state index contributed by atoms with van der Waals surface area (Å²) in [6.07, 6.45) is 1.44. The van der Waals surface area contributed by atoms with E-state index in [9.17, 15) is 13.2 Å². The predicted molar refractivity (Wildman–Crippen MR) is 94.7 cm³/mol. The molecule has 1 aromatic heterocycles. The Labute approximate surface area is 144 Å². The molecule has 0 aliphatic heterocycles. The van der Waals surface area contributed by atoms with E-state index in [4.69, 9.17) is 11.6 Å². The van der Waals surface area contributed by atoms with E-state index in [1.807, 2.05) is 17.5 Å². The number of halogens is 1. The molecule has 0 atom stereocenters. The topological polar surface area (TPSA) is 66.5 Å². The van der Waals surface area contributed by atoms with Gasteiger partial charge in [-0.3, -0.25) is 9.10 Å². The average Bonchev–Trinajstić information content (AvgIpc) is 2.96. The fourth-order valence-electron chi connectivity index (χ4n) is 2.02. The average molecular weight is 373 g/mol. The molecule has 0 aliphatic carbocycles. The van der Waals surface area contributed by atoms with Crippen LogP contribution in [0.5, 0.6) is 0 Å². The molecule has 1 aromatic carbocycles. The van der Waals surface area contributed by atoms with Gasteiger partial charge in [-0.1, -0.05) is 17.7 Å². The molecule has 0 saturated heterocycles. The summed E-state index contributed by atoms with van der Waals surface area (Å²) in [4.78, 5) is 12.8. The van der Waals surface area contributed by atoms with Gasteiger partial charge in [-0.05, 0) is 35.7 Å². The van der Waals surface area contributed by atoms with Gasteiger partial charge >= 0.3 is 0 Å². The number of hydrogen-bond donors (Lipinski definition) is 1. The van der Waals surface area contributed by atoms with Gasteiger partial charge in [0.25, 0.3) is 0 Å². The monoisotopic (exact) mass is 372 g/mol. The zero-order valence-electron chi connectivity index (χ0n) is 12.5. The summed E-state index contributed by atoms with van der Waals surface area (Å²) in [5, 5.41) is 5.19. The van der Waals surface area contributed by atoms with E-state index < -0.39 is 10.0 Å². The van der Waals surface area contributed by atoms with E-state index in [1.165, 1.54) is 15.6 Å². The zero-order valence-corrected chi connectivity index (χ0v) is 14.9. The Kier molecular flexibility index (Phi) is 6.04. The summed E-state index contributed by atoms with van der Waals surface area (Å²) < 4.78 is 25.1. The normalized spacial score (nSPS) is 11.2. The second-order valence-corrected chi connectivity index (χ2v) is 8.29. The molecule has 0 aliphatic rings. The maximum absolute atomic E-state index is 11.9. The van der Waals surface area contributed by atoms with Gasteiger partial charge in [0.2, 0.25) is 15.9 Å². The van der Waals surface area contributed by atoms with Gasteiger partial charge in [0.15, 0.2) is 0 Å². The van der Waals surface area contributed by atoms with Gasteiger partial charge < -0.3 is 5.32 Å². The fourth-order valence-corrected chi connectivity index (χ4v) is 3.78. The fraction of sp³-hybridized carbons (Fsp3) is 0.267. The Morgan fingerprint density at radius 1 is 1.26 bits per heavy atom. The van der Waals surface area contributed by atoms with Crippen molar-refractivity contribution in [1.29, 1.82) is 0 Å². The molecule has 8 heteroatoms. The number of hydrogen-bond acceptors (Lipinski definition) is 4. The van der Waals surface area contributed by atoms with Gasteiger partial charge in [0.1, 0.15) is 0 Å². The molecule has 23 heavy (non-hydrogen) atoms. The summed E-state index contributed by atoms with van der Waals surface area (Å²) in [5.74, 6) is -0.128. The van der Waals surface area contributed by atoms with Crippen molar-refractivity contribution in [3.63, 3.8) is 0 Å². The Bertz CT molecular complexity index is 744. The summed E-state index contributed by atoms with van der Waals surface area (Å²) in [6, 6.07) is 10.3. The molecule has 2 aromatic rings. The number of benzene rings is 1. The highest BCUT2D eigenvalue weighted by Crippen LogP contribution is 2.19. The summed E-state index contributed by atoms with van der Waals surface area (Å²) in [6.45, 7) is 0.399. The van der Waals surface area contributed by atoms with Crippen LogP contribution in [0.4, 0.5) is 5.69 Å². The van der Waals surface area contributed by atoms with Gasteiger partial charge in [0.05, 0.1) is 24.9 Å². The SMILES string of the molecule is CS(=O)(=O)N(CCNC(=O)Cc1cccs1)c1ccc(Cl)cc1. The van der Waals surface area contributed by atoms with Gasteiger partial charge in [0, 0.05) is 16.4 Å². The molecule has 1 heterocycles. The zero-order chi connectivity index (χ0) is 16.9. The Hall–Kier alpha value is -1.57. The lowest BCUT2D eigenvalue weighted by Crippen LogP contribution is -2.38. The van der Waals surface area contributed by atoms with Crippen molar-refractivity contribution in [2.24, 2.45) is 0 Å². The standard InChI is InChI=1S/C15H17ClN2O3S2/c1-23(20,21)18(13-6-4-12(16)5-7-13)9-8-17-15(19)11-14-3-2-10-22-14/h2-7,10H,8-9,11H2,1H3,(H,17,19). The number of nitrogens with one attached hydrogen (secondary N) is 1. The van der Waals surface area contributed by atoms with Crippen LogP contribution in [-0.4, -0.2) is 33.7 Å². The predicted octanol–water partition coefficient (Wildman–Crippen LogP) is 2.53. The van der Waals surface area contributed by atoms with E-state index in [0.29, 0.717) is 17.1 Å². The molecule has 0 fully saturated rings. The summed E-state index contributed by atoms with van der Waals surface area (Å²) in [7, 11) is -3.44. The van der Waals surface area contributed by atoms with Crippen LogP contribution in [0.3, 0.4) is 0 Å². The van der Waals surface area contributed by atoms with Crippen molar-refractivity contribution in [3.8, 4) is 0 Å². The lowest BCUT2D eigenvalue weighted by Gasteiger charge is -2.22. The molecule has 0 saturated carbocycles. The third-order valence-electron chi connectivity index (χ3n) is 3.07. The molecular weight excluding hydrogens is 356 g/mol. The molecule has 0 spiro atoms. The van der Waals surface area contributed by atoms with Crippen molar-refractivity contribution in [2.45, 2.75) is 6.42 Å². The number of carbonyl (C=O) groups is 1. The van der Waals surface area contributed by atoms with Crippen LogP contribution in [0, 0.1) is 0 Å². The van der Waals surface area contributed by atoms with E-state index in [-0.39, 0.29) is 19.0 Å². The maximum Gasteiger partial charge on any atom is 0.232 e. The first-order valence-corrected chi connectivity index (χ1v) is 9.99. The highest BCUT2D eigenvalue weighted by molar-refractivity contribution is 7.92.